The number of hydrogen-bond acceptors (Lipinski definition) is 8. The van der Waals surface area contributed by atoms with Gasteiger partial charge >= 0.3 is 40.9 Å². The van der Waals surface area contributed by atoms with E-state index in [2.05, 4.69) is 17.9 Å². The summed E-state index contributed by atoms with van der Waals surface area (Å²) in [4.78, 5) is 62.9. The SMILES string of the molecule is C=CC1=C(C)c2cc3[n-]c(cc4nc(cc5[n-]c(cc1n2)c(C)c5C=C)C(C)=C4CCC(=O)O)c(CCC(=O)O)c3C.O=C(O)CCC(=O)OCO.[Fe+2]. The molecule has 8 bridgehead atoms. The summed E-state index contributed by atoms with van der Waals surface area (Å²) in [6.45, 7) is 15.2. The monoisotopic (exact) mass is 764 g/mol. The van der Waals surface area contributed by atoms with Gasteiger partial charge in [0.1, 0.15) is 0 Å². The minimum atomic E-state index is -1.06. The molecule has 5 heterocycles. The predicted molar refractivity (Wildman–Crippen MR) is 197 cm³/mol. The Labute approximate surface area is 316 Å². The molecule has 14 heteroatoms. The predicted octanol–water partition coefficient (Wildman–Crippen LogP) is 6.10. The Balaban J connectivity index is 0.000000604. The second-order valence-corrected chi connectivity index (χ2v) is 12.1. The molecule has 4 N–H and O–H groups in total. The van der Waals surface area contributed by atoms with Gasteiger partial charge in [-0.25, -0.2) is 9.97 Å². The molecule has 0 aliphatic carbocycles. The molecule has 0 unspecified atom stereocenters. The van der Waals surface area contributed by atoms with Crippen molar-refractivity contribution >= 4 is 74.3 Å². The summed E-state index contributed by atoms with van der Waals surface area (Å²) < 4.78 is 4.05. The van der Waals surface area contributed by atoms with E-state index in [-0.39, 0.29) is 42.8 Å². The largest absolute Gasteiger partial charge is 2.00 e. The van der Waals surface area contributed by atoms with Crippen molar-refractivity contribution in [2.45, 2.75) is 66.2 Å². The number of hydrogen-bond donors (Lipinski definition) is 4. The molecule has 2 aliphatic rings. The van der Waals surface area contributed by atoms with Crippen LogP contribution >= 0.6 is 0 Å². The molecule has 0 saturated heterocycles. The van der Waals surface area contributed by atoms with Crippen molar-refractivity contribution in [1.82, 2.24) is 19.9 Å². The first-order valence-electron chi connectivity index (χ1n) is 16.4. The van der Waals surface area contributed by atoms with Gasteiger partial charge in [0, 0.05) is 18.4 Å². The van der Waals surface area contributed by atoms with Crippen LogP contribution in [-0.4, -0.2) is 61.1 Å². The number of esters is 1. The zero-order valence-corrected chi connectivity index (χ0v) is 30.9. The Hall–Kier alpha value is -5.56. The van der Waals surface area contributed by atoms with Crippen LogP contribution in [0.5, 0.6) is 0 Å². The van der Waals surface area contributed by atoms with Crippen molar-refractivity contribution in [3.8, 4) is 0 Å². The van der Waals surface area contributed by atoms with Crippen LogP contribution < -0.4 is 9.97 Å². The summed E-state index contributed by atoms with van der Waals surface area (Å²) in [6.07, 6.45) is 3.59. The Morgan fingerprint density at radius 3 is 1.81 bits per heavy atom. The van der Waals surface area contributed by atoms with E-state index in [1.54, 1.807) is 12.2 Å². The smallest absolute Gasteiger partial charge is 0.657 e. The fourth-order valence-corrected chi connectivity index (χ4v) is 5.97. The summed E-state index contributed by atoms with van der Waals surface area (Å²) in [5.74, 6) is -3.56. The third-order valence-electron chi connectivity index (χ3n) is 8.83. The Morgan fingerprint density at radius 1 is 0.679 bits per heavy atom. The second-order valence-electron chi connectivity index (χ2n) is 12.1. The molecule has 0 spiro atoms. The van der Waals surface area contributed by atoms with E-state index in [1.165, 1.54) is 0 Å². The fraction of sp³-hybridized carbons (Fsp3) is 0.282. The number of carboxylic acid groups (broad SMARTS) is 3. The molecule has 3 aromatic rings. The minimum Gasteiger partial charge on any atom is -0.657 e. The number of rotatable bonds is 12. The molecule has 278 valence electrons. The van der Waals surface area contributed by atoms with E-state index in [0.717, 1.165) is 61.5 Å². The number of aryl methyl sites for hydroxylation is 3. The molecule has 0 fully saturated rings. The van der Waals surface area contributed by atoms with Crippen LogP contribution in [0.15, 0.2) is 43.5 Å². The zero-order valence-electron chi connectivity index (χ0n) is 29.8. The molecule has 3 aromatic heterocycles. The van der Waals surface area contributed by atoms with Gasteiger partial charge in [-0.1, -0.05) is 66.3 Å². The fourth-order valence-electron chi connectivity index (χ4n) is 5.97. The van der Waals surface area contributed by atoms with E-state index in [4.69, 9.17) is 30.1 Å². The van der Waals surface area contributed by atoms with Crippen molar-refractivity contribution in [2.24, 2.45) is 0 Å². The number of carbonyl (C=O) groups excluding carboxylic acids is 1. The van der Waals surface area contributed by atoms with E-state index in [1.807, 2.05) is 52.0 Å². The average Bonchev–Trinajstić information content (AvgIpc) is 3.74. The van der Waals surface area contributed by atoms with Gasteiger partial charge in [0.25, 0.3) is 0 Å². The molecular weight excluding hydrogens is 724 g/mol. The van der Waals surface area contributed by atoms with Gasteiger partial charge in [-0.15, -0.1) is 22.1 Å². The first-order chi connectivity index (χ1) is 24.7. The first kappa shape index (κ1) is 41.9. The molecule has 2 aliphatic heterocycles. The van der Waals surface area contributed by atoms with E-state index < -0.39 is 30.7 Å². The summed E-state index contributed by atoms with van der Waals surface area (Å²) in [5, 5.41) is 34.9. The third kappa shape index (κ3) is 9.86. The number of carboxylic acids is 3. The molecule has 13 nitrogen and oxygen atoms in total. The van der Waals surface area contributed by atoms with Crippen molar-refractivity contribution < 1.29 is 61.4 Å². The maximum absolute atomic E-state index is 11.5. The van der Waals surface area contributed by atoms with E-state index >= 15 is 0 Å². The third-order valence-corrected chi connectivity index (χ3v) is 8.83. The molecule has 0 atom stereocenters. The molecule has 53 heavy (non-hydrogen) atoms. The van der Waals surface area contributed by atoms with Gasteiger partial charge in [-0.3, -0.25) is 19.2 Å². The van der Waals surface area contributed by atoms with Crippen LogP contribution in [0.3, 0.4) is 0 Å². The van der Waals surface area contributed by atoms with Gasteiger partial charge in [0.05, 0.1) is 35.6 Å². The van der Waals surface area contributed by atoms with Crippen LogP contribution in [0.4, 0.5) is 0 Å². The van der Waals surface area contributed by atoms with E-state index in [9.17, 15) is 29.4 Å². The standard InChI is InChI=1S/C34H34N4O4.C5H8O5.Fe/c1-7-21-17(3)25-13-26-19(5)23(9-11-33(39)40)31(37-26)16-32-24(10-12-34(41)42)20(6)28(38-32)15-30-22(8-2)18(4)27(36-30)14-29(21)35-25;6-3-10-5(9)2-1-4(7)8;/h7-8,13-16H,1-2,9-12H2,3-6H3,(H4,35,36,37,38,39,40,41,42);6H,1-3H2,(H,7,8);/q;;+2/p-2. The van der Waals surface area contributed by atoms with Crippen LogP contribution in [-0.2, 0) is 47.4 Å². The Bertz CT molecular complexity index is 2210. The number of aliphatic carboxylic acids is 3. The van der Waals surface area contributed by atoms with Crippen molar-refractivity contribution in [3.63, 3.8) is 0 Å². The number of ether oxygens (including phenoxy) is 1. The maximum Gasteiger partial charge on any atom is 2.00 e. The Kier molecular flexibility index (Phi) is 14.4. The summed E-state index contributed by atoms with van der Waals surface area (Å²) >= 11 is 0. The van der Waals surface area contributed by atoms with Crippen LogP contribution in [0.2, 0.25) is 0 Å². The molecule has 0 radical (unpaired) electrons. The topological polar surface area (TPSA) is 212 Å². The van der Waals surface area contributed by atoms with Gasteiger partial charge in [0.15, 0.2) is 6.79 Å². The number of aliphatic hydroxyl groups is 1. The second kappa shape index (κ2) is 18.3. The number of fused-ring (bicyclic) bond motifs is 8. The van der Waals surface area contributed by atoms with Crippen LogP contribution in [0.1, 0.15) is 91.0 Å². The van der Waals surface area contributed by atoms with Crippen molar-refractivity contribution in [3.05, 3.63) is 88.5 Å². The molecular formula is C39H40FeN4O9. The number of aliphatic hydroxyl groups excluding tert-OH is 1. The summed E-state index contributed by atoms with van der Waals surface area (Å²) in [7, 11) is 0. The van der Waals surface area contributed by atoms with Crippen molar-refractivity contribution in [2.75, 3.05) is 6.79 Å². The Morgan fingerprint density at radius 2 is 1.21 bits per heavy atom. The maximum atomic E-state index is 11.5. The van der Waals surface area contributed by atoms with Crippen LogP contribution in [0, 0.1) is 13.8 Å². The quantitative estimate of drug-likeness (QED) is 0.0933. The normalized spacial score (nSPS) is 12.0. The van der Waals surface area contributed by atoms with Gasteiger partial charge in [-0.2, -0.15) is 0 Å². The van der Waals surface area contributed by atoms with Gasteiger partial charge in [-0.05, 0) is 62.8 Å². The number of carbonyl (C=O) groups is 4. The number of allylic oxidation sites excluding steroid dienone is 5. The summed E-state index contributed by atoms with van der Waals surface area (Å²) in [6, 6.07) is 7.62. The van der Waals surface area contributed by atoms with Crippen molar-refractivity contribution in [1.29, 1.82) is 0 Å². The number of nitrogens with zero attached hydrogens (tertiary/aromatic N) is 4. The first-order valence-corrected chi connectivity index (χ1v) is 16.4. The molecule has 0 aromatic carbocycles. The van der Waals surface area contributed by atoms with Gasteiger partial charge < -0.3 is 35.1 Å². The minimum absolute atomic E-state index is 0. The average molecular weight is 765 g/mol. The molecule has 0 amide bonds. The summed E-state index contributed by atoms with van der Waals surface area (Å²) in [5.41, 5.74) is 12.6. The molecule has 0 saturated carbocycles. The van der Waals surface area contributed by atoms with Crippen LogP contribution in [0.25, 0.3) is 50.4 Å². The molecule has 5 rings (SSSR count). The van der Waals surface area contributed by atoms with E-state index in [0.29, 0.717) is 40.8 Å². The zero-order chi connectivity index (χ0) is 38.3. The van der Waals surface area contributed by atoms with Gasteiger partial charge in [0.2, 0.25) is 0 Å². The number of aromatic nitrogens is 4.